The van der Waals surface area contributed by atoms with E-state index in [1.165, 1.54) is 17.0 Å². The third-order valence-corrected chi connectivity index (χ3v) is 2.66. The zero-order chi connectivity index (χ0) is 11.9. The Labute approximate surface area is 95.8 Å². The van der Waals surface area contributed by atoms with Gasteiger partial charge in [-0.05, 0) is 17.7 Å². The maximum atomic E-state index is 13.1. The fourth-order valence-electron chi connectivity index (χ4n) is 1.69. The Balaban J connectivity index is 2.44. The van der Waals surface area contributed by atoms with E-state index in [1.54, 1.807) is 0 Å². The van der Waals surface area contributed by atoms with E-state index in [2.05, 4.69) is 0 Å². The van der Waals surface area contributed by atoms with Crippen LogP contribution in [0.25, 0.3) is 0 Å². The van der Waals surface area contributed by atoms with Crippen molar-refractivity contribution < 1.29 is 14.0 Å². The molecule has 6 heteroatoms. The first-order chi connectivity index (χ1) is 7.49. The number of nitrogens with zero attached hydrogens (tertiary/aromatic N) is 1. The molecule has 16 heavy (non-hydrogen) atoms. The van der Waals surface area contributed by atoms with Crippen LogP contribution in [0, 0.1) is 5.82 Å². The van der Waals surface area contributed by atoms with Crippen molar-refractivity contribution in [2.45, 2.75) is 6.42 Å². The van der Waals surface area contributed by atoms with E-state index in [1.807, 2.05) is 0 Å². The third-order valence-electron chi connectivity index (χ3n) is 2.37. The van der Waals surface area contributed by atoms with E-state index in [-0.39, 0.29) is 23.9 Å². The van der Waals surface area contributed by atoms with Gasteiger partial charge < -0.3 is 10.6 Å². The number of carbonyl (C=O) groups is 2. The molecule has 4 nitrogen and oxygen atoms in total. The molecule has 0 spiro atoms. The molecular formula is C10H8ClFN2O2. The van der Waals surface area contributed by atoms with Crippen molar-refractivity contribution >= 4 is 29.1 Å². The summed E-state index contributed by atoms with van der Waals surface area (Å²) < 4.78 is 13.1. The summed E-state index contributed by atoms with van der Waals surface area (Å²) in [4.78, 5) is 23.5. The highest BCUT2D eigenvalue weighted by Crippen LogP contribution is 2.32. The molecule has 1 aromatic rings. The van der Waals surface area contributed by atoms with Crippen LogP contribution in [0.1, 0.15) is 5.56 Å². The molecule has 1 aliphatic heterocycles. The number of amides is 2. The molecule has 0 unspecified atom stereocenters. The van der Waals surface area contributed by atoms with Crippen molar-refractivity contribution in [3.8, 4) is 0 Å². The minimum absolute atomic E-state index is 0.0662. The van der Waals surface area contributed by atoms with Gasteiger partial charge in [0, 0.05) is 5.69 Å². The monoisotopic (exact) mass is 242 g/mol. The Bertz CT molecular complexity index is 490. The summed E-state index contributed by atoms with van der Waals surface area (Å²) in [6, 6.07) is 2.54. The third kappa shape index (κ3) is 1.74. The first-order valence-corrected chi connectivity index (χ1v) is 4.93. The summed E-state index contributed by atoms with van der Waals surface area (Å²) in [6.45, 7) is -0.214. The lowest BCUT2D eigenvalue weighted by atomic mass is 10.1. The summed E-state index contributed by atoms with van der Waals surface area (Å²) in [5.41, 5.74) is 6.00. The van der Waals surface area contributed by atoms with Crippen LogP contribution in [0.4, 0.5) is 10.1 Å². The van der Waals surface area contributed by atoms with E-state index >= 15 is 0 Å². The second-order valence-corrected chi connectivity index (χ2v) is 3.93. The van der Waals surface area contributed by atoms with Gasteiger partial charge in [0.2, 0.25) is 11.8 Å². The highest BCUT2D eigenvalue weighted by Gasteiger charge is 2.29. The Morgan fingerprint density at radius 2 is 2.25 bits per heavy atom. The van der Waals surface area contributed by atoms with Gasteiger partial charge in [0.15, 0.2) is 0 Å². The molecule has 0 bridgehead atoms. The molecule has 0 radical (unpaired) electrons. The lowest BCUT2D eigenvalue weighted by molar-refractivity contribution is -0.121. The van der Waals surface area contributed by atoms with E-state index in [4.69, 9.17) is 17.3 Å². The fraction of sp³-hybridized carbons (Fsp3) is 0.200. The molecule has 0 atom stereocenters. The predicted octanol–water partition coefficient (Wildman–Crippen LogP) is 0.854. The molecule has 1 heterocycles. The van der Waals surface area contributed by atoms with Gasteiger partial charge in [-0.2, -0.15) is 0 Å². The molecule has 0 saturated carbocycles. The number of benzene rings is 1. The van der Waals surface area contributed by atoms with Crippen LogP contribution < -0.4 is 10.6 Å². The summed E-state index contributed by atoms with van der Waals surface area (Å²) in [5, 5.41) is -0.0806. The molecule has 0 aromatic heterocycles. The summed E-state index contributed by atoms with van der Waals surface area (Å²) in [6.07, 6.45) is 0.0662. The largest absolute Gasteiger partial charge is 0.368 e. The molecule has 2 amide bonds. The van der Waals surface area contributed by atoms with E-state index in [0.717, 1.165) is 0 Å². The summed E-state index contributed by atoms with van der Waals surface area (Å²) in [7, 11) is 0. The molecule has 2 N–H and O–H groups in total. The predicted molar refractivity (Wildman–Crippen MR) is 56.7 cm³/mol. The highest BCUT2D eigenvalue weighted by atomic mass is 35.5. The van der Waals surface area contributed by atoms with Crippen LogP contribution in [0.15, 0.2) is 12.1 Å². The SMILES string of the molecule is NC(=O)CN1C(=O)Cc2cc(F)c(Cl)cc21. The number of anilines is 1. The number of hydrogen-bond acceptors (Lipinski definition) is 2. The van der Waals surface area contributed by atoms with Gasteiger partial charge >= 0.3 is 0 Å². The number of halogens is 2. The maximum absolute atomic E-state index is 13.1. The van der Waals surface area contributed by atoms with Crippen molar-refractivity contribution in [2.24, 2.45) is 5.73 Å². The van der Waals surface area contributed by atoms with Gasteiger partial charge in [0.1, 0.15) is 12.4 Å². The standard InChI is InChI=1S/C10H8ClFN2O2/c11-6-3-8-5(1-7(6)12)2-10(16)14(8)4-9(13)15/h1,3H,2,4H2,(H2,13,15). The lowest BCUT2D eigenvalue weighted by Gasteiger charge is -2.15. The second-order valence-electron chi connectivity index (χ2n) is 3.52. The number of hydrogen-bond donors (Lipinski definition) is 1. The Morgan fingerprint density at radius 1 is 1.56 bits per heavy atom. The van der Waals surface area contributed by atoms with Gasteiger partial charge in [-0.3, -0.25) is 9.59 Å². The average molecular weight is 243 g/mol. The van der Waals surface area contributed by atoms with E-state index < -0.39 is 11.7 Å². The van der Waals surface area contributed by atoms with Crippen molar-refractivity contribution in [2.75, 3.05) is 11.4 Å². The molecule has 0 aliphatic carbocycles. The summed E-state index contributed by atoms with van der Waals surface area (Å²) in [5.74, 6) is -1.48. The topological polar surface area (TPSA) is 63.4 Å². The Hall–Kier alpha value is -1.62. The number of fused-ring (bicyclic) bond motifs is 1. The first-order valence-electron chi connectivity index (χ1n) is 4.55. The van der Waals surface area contributed by atoms with E-state index in [9.17, 15) is 14.0 Å². The first kappa shape index (κ1) is 10.9. The maximum Gasteiger partial charge on any atom is 0.237 e. The normalized spacial score (nSPS) is 14.1. The smallest absolute Gasteiger partial charge is 0.237 e. The number of rotatable bonds is 2. The molecule has 1 aliphatic rings. The van der Waals surface area contributed by atoms with Crippen molar-refractivity contribution in [1.82, 2.24) is 0 Å². The van der Waals surface area contributed by atoms with Crippen LogP contribution in [0.5, 0.6) is 0 Å². The Kier molecular flexibility index (Phi) is 2.55. The molecule has 0 fully saturated rings. The van der Waals surface area contributed by atoms with E-state index in [0.29, 0.717) is 11.3 Å². The Morgan fingerprint density at radius 3 is 2.88 bits per heavy atom. The van der Waals surface area contributed by atoms with Gasteiger partial charge in [0.25, 0.3) is 0 Å². The fourth-order valence-corrected chi connectivity index (χ4v) is 1.85. The number of nitrogens with two attached hydrogens (primary N) is 1. The number of carbonyl (C=O) groups excluding carboxylic acids is 2. The van der Waals surface area contributed by atoms with Crippen LogP contribution in [-0.2, 0) is 16.0 Å². The lowest BCUT2D eigenvalue weighted by Crippen LogP contribution is -2.35. The van der Waals surface area contributed by atoms with Gasteiger partial charge in [-0.25, -0.2) is 4.39 Å². The minimum Gasteiger partial charge on any atom is -0.368 e. The zero-order valence-corrected chi connectivity index (χ0v) is 8.92. The molecule has 0 saturated heterocycles. The molecule has 1 aromatic carbocycles. The van der Waals surface area contributed by atoms with Crippen molar-refractivity contribution in [3.63, 3.8) is 0 Å². The zero-order valence-electron chi connectivity index (χ0n) is 8.17. The van der Waals surface area contributed by atoms with Crippen LogP contribution in [0.3, 0.4) is 0 Å². The average Bonchev–Trinajstić information content (AvgIpc) is 2.45. The minimum atomic E-state index is -0.623. The van der Waals surface area contributed by atoms with Crippen molar-refractivity contribution in [3.05, 3.63) is 28.5 Å². The van der Waals surface area contributed by atoms with Gasteiger partial charge in [0.05, 0.1) is 11.4 Å². The number of primary amides is 1. The molecule has 2 rings (SSSR count). The second kappa shape index (κ2) is 3.75. The molecule has 84 valence electrons. The highest BCUT2D eigenvalue weighted by molar-refractivity contribution is 6.31. The van der Waals surface area contributed by atoms with Crippen LogP contribution >= 0.6 is 11.6 Å². The molecular weight excluding hydrogens is 235 g/mol. The quantitative estimate of drug-likeness (QED) is 0.836. The van der Waals surface area contributed by atoms with Crippen LogP contribution in [-0.4, -0.2) is 18.4 Å². The summed E-state index contributed by atoms with van der Waals surface area (Å²) >= 11 is 5.61. The van der Waals surface area contributed by atoms with Gasteiger partial charge in [-0.15, -0.1) is 0 Å². The van der Waals surface area contributed by atoms with Crippen LogP contribution in [0.2, 0.25) is 5.02 Å². The van der Waals surface area contributed by atoms with Gasteiger partial charge in [-0.1, -0.05) is 11.6 Å². The van der Waals surface area contributed by atoms with Crippen molar-refractivity contribution in [1.29, 1.82) is 0 Å².